The Hall–Kier alpha value is -3.36. The minimum atomic E-state index is -0.783. The number of nitrogens with zero attached hydrogens (tertiary/aromatic N) is 1. The number of carbonyl (C=O) groups excluding carboxylic acids is 3. The Balaban J connectivity index is 1.46. The number of Topliss-reactive ketones (excluding diaryl/α,β-unsaturated/α-hetero) is 1. The van der Waals surface area contributed by atoms with Crippen molar-refractivity contribution in [1.29, 1.82) is 0 Å². The Bertz CT molecular complexity index is 892. The Morgan fingerprint density at radius 2 is 1.86 bits per heavy atom. The van der Waals surface area contributed by atoms with E-state index in [1.165, 1.54) is 0 Å². The van der Waals surface area contributed by atoms with Crippen molar-refractivity contribution in [2.24, 2.45) is 0 Å². The van der Waals surface area contributed by atoms with Gasteiger partial charge in [-0.3, -0.25) is 14.4 Å². The van der Waals surface area contributed by atoms with Gasteiger partial charge in [-0.25, -0.2) is 0 Å². The number of aromatic nitrogens is 1. The molecule has 0 radical (unpaired) electrons. The first kappa shape index (κ1) is 19.4. The van der Waals surface area contributed by atoms with Crippen molar-refractivity contribution in [3.05, 3.63) is 35.6 Å². The van der Waals surface area contributed by atoms with Crippen molar-refractivity contribution in [3.63, 3.8) is 0 Å². The van der Waals surface area contributed by atoms with Crippen LogP contribution in [0.4, 0.5) is 5.82 Å². The van der Waals surface area contributed by atoms with Crippen LogP contribution in [0, 0.1) is 6.92 Å². The number of aryl methyl sites for hydroxylation is 1. The van der Waals surface area contributed by atoms with Crippen LogP contribution < -0.4 is 20.1 Å². The van der Waals surface area contributed by atoms with E-state index in [1.807, 2.05) is 0 Å². The van der Waals surface area contributed by atoms with E-state index in [1.54, 1.807) is 38.1 Å². The van der Waals surface area contributed by atoms with Crippen LogP contribution in [0.2, 0.25) is 0 Å². The highest BCUT2D eigenvalue weighted by atomic mass is 16.6. The van der Waals surface area contributed by atoms with E-state index in [4.69, 9.17) is 14.0 Å². The van der Waals surface area contributed by atoms with Gasteiger partial charge in [-0.1, -0.05) is 5.16 Å². The first-order valence-corrected chi connectivity index (χ1v) is 8.89. The van der Waals surface area contributed by atoms with Crippen LogP contribution in [0.1, 0.15) is 35.9 Å². The van der Waals surface area contributed by atoms with Gasteiger partial charge >= 0.3 is 0 Å². The van der Waals surface area contributed by atoms with E-state index in [2.05, 4.69) is 15.8 Å². The van der Waals surface area contributed by atoms with E-state index >= 15 is 0 Å². The summed E-state index contributed by atoms with van der Waals surface area (Å²) in [7, 11) is 0. The Labute approximate surface area is 161 Å². The normalized spacial score (nSPS) is 13.5. The maximum absolute atomic E-state index is 12.3. The van der Waals surface area contributed by atoms with Crippen molar-refractivity contribution < 1.29 is 28.4 Å². The van der Waals surface area contributed by atoms with Crippen molar-refractivity contribution in [2.45, 2.75) is 32.7 Å². The maximum atomic E-state index is 12.3. The molecule has 0 bridgehead atoms. The molecule has 0 spiro atoms. The van der Waals surface area contributed by atoms with Gasteiger partial charge in [-0.2, -0.15) is 0 Å². The van der Waals surface area contributed by atoms with E-state index in [-0.39, 0.29) is 24.4 Å². The number of ketones is 1. The summed E-state index contributed by atoms with van der Waals surface area (Å²) in [4.78, 5) is 36.4. The number of hydrogen-bond acceptors (Lipinski definition) is 7. The van der Waals surface area contributed by atoms with Gasteiger partial charge in [0.1, 0.15) is 25.0 Å². The molecule has 3 rings (SSSR count). The zero-order valence-corrected chi connectivity index (χ0v) is 15.6. The van der Waals surface area contributed by atoms with Gasteiger partial charge in [0.25, 0.3) is 0 Å². The first-order chi connectivity index (χ1) is 13.4. The summed E-state index contributed by atoms with van der Waals surface area (Å²) in [5.74, 6) is 0.937. The van der Waals surface area contributed by atoms with Crippen LogP contribution in [-0.4, -0.2) is 42.0 Å². The SMILES string of the molecule is Cc1cc(NC(=O)[C@H](C)NC(=O)CCC(=O)c2ccc3c(c2)OCCO3)no1. The fourth-order valence-corrected chi connectivity index (χ4v) is 2.63. The average Bonchev–Trinajstić information content (AvgIpc) is 3.10. The molecular formula is C19H21N3O6. The van der Waals surface area contributed by atoms with Gasteiger partial charge in [0, 0.05) is 24.5 Å². The van der Waals surface area contributed by atoms with Crippen molar-refractivity contribution >= 4 is 23.4 Å². The lowest BCUT2D eigenvalue weighted by Gasteiger charge is -2.18. The number of nitrogens with one attached hydrogen (secondary N) is 2. The third-order valence-corrected chi connectivity index (χ3v) is 4.09. The molecule has 1 aromatic carbocycles. The molecule has 0 fully saturated rings. The zero-order chi connectivity index (χ0) is 20.1. The molecule has 1 aromatic heterocycles. The van der Waals surface area contributed by atoms with Crippen LogP contribution in [0.3, 0.4) is 0 Å². The zero-order valence-electron chi connectivity index (χ0n) is 15.6. The van der Waals surface area contributed by atoms with E-state index < -0.39 is 17.9 Å². The molecule has 1 aliphatic heterocycles. The largest absolute Gasteiger partial charge is 0.486 e. The summed E-state index contributed by atoms with van der Waals surface area (Å²) in [6.45, 7) is 4.15. The molecule has 0 unspecified atom stereocenters. The van der Waals surface area contributed by atoms with Crippen molar-refractivity contribution in [3.8, 4) is 11.5 Å². The molecule has 1 atom stereocenters. The van der Waals surface area contributed by atoms with Crippen LogP contribution >= 0.6 is 0 Å². The Kier molecular flexibility index (Phi) is 5.93. The van der Waals surface area contributed by atoms with Gasteiger partial charge < -0.3 is 24.6 Å². The number of rotatable bonds is 7. The lowest BCUT2D eigenvalue weighted by atomic mass is 10.1. The quantitative estimate of drug-likeness (QED) is 0.696. The average molecular weight is 387 g/mol. The first-order valence-electron chi connectivity index (χ1n) is 8.89. The van der Waals surface area contributed by atoms with Gasteiger partial charge in [-0.05, 0) is 32.0 Å². The number of hydrogen-bond donors (Lipinski definition) is 2. The molecule has 1 aliphatic rings. The summed E-state index contributed by atoms with van der Waals surface area (Å²) in [5, 5.41) is 8.75. The van der Waals surface area contributed by atoms with Gasteiger partial charge in [0.05, 0.1) is 0 Å². The highest BCUT2D eigenvalue weighted by Crippen LogP contribution is 2.31. The topological polar surface area (TPSA) is 120 Å². The van der Waals surface area contributed by atoms with E-state index in [9.17, 15) is 14.4 Å². The summed E-state index contributed by atoms with van der Waals surface area (Å²) < 4.78 is 15.7. The summed E-state index contributed by atoms with van der Waals surface area (Å²) >= 11 is 0. The molecule has 2 amide bonds. The molecule has 9 heteroatoms. The predicted octanol–water partition coefficient (Wildman–Crippen LogP) is 1.86. The smallest absolute Gasteiger partial charge is 0.247 e. The van der Waals surface area contributed by atoms with Crippen molar-refractivity contribution in [1.82, 2.24) is 10.5 Å². The number of anilines is 1. The van der Waals surface area contributed by atoms with E-state index in [0.29, 0.717) is 36.0 Å². The van der Waals surface area contributed by atoms with Crippen LogP contribution in [-0.2, 0) is 9.59 Å². The minimum absolute atomic E-state index is 0.0162. The highest BCUT2D eigenvalue weighted by molar-refractivity contribution is 5.99. The lowest BCUT2D eigenvalue weighted by molar-refractivity contribution is -0.126. The minimum Gasteiger partial charge on any atom is -0.486 e. The molecule has 0 saturated carbocycles. The maximum Gasteiger partial charge on any atom is 0.247 e. The summed E-state index contributed by atoms with van der Waals surface area (Å²) in [6, 6.07) is 5.72. The fourth-order valence-electron chi connectivity index (χ4n) is 2.63. The van der Waals surface area contributed by atoms with Crippen LogP contribution in [0.15, 0.2) is 28.8 Å². The lowest BCUT2D eigenvalue weighted by Crippen LogP contribution is -2.41. The number of benzene rings is 1. The molecule has 28 heavy (non-hydrogen) atoms. The second-order valence-electron chi connectivity index (χ2n) is 6.38. The monoisotopic (exact) mass is 387 g/mol. The molecular weight excluding hydrogens is 366 g/mol. The number of fused-ring (bicyclic) bond motifs is 1. The third kappa shape index (κ3) is 4.87. The molecule has 9 nitrogen and oxygen atoms in total. The predicted molar refractivity (Wildman–Crippen MR) is 98.5 cm³/mol. The molecule has 2 aromatic rings. The third-order valence-electron chi connectivity index (χ3n) is 4.09. The molecule has 148 valence electrons. The highest BCUT2D eigenvalue weighted by Gasteiger charge is 2.19. The Morgan fingerprint density at radius 3 is 2.57 bits per heavy atom. The number of ether oxygens (including phenoxy) is 2. The molecule has 0 aliphatic carbocycles. The van der Waals surface area contributed by atoms with Gasteiger partial charge in [0.2, 0.25) is 11.8 Å². The number of amides is 2. The molecule has 2 N–H and O–H groups in total. The summed E-state index contributed by atoms with van der Waals surface area (Å²) in [6.07, 6.45) is -0.0176. The van der Waals surface area contributed by atoms with Crippen LogP contribution in [0.25, 0.3) is 0 Å². The number of carbonyl (C=O) groups is 3. The van der Waals surface area contributed by atoms with E-state index in [0.717, 1.165) is 0 Å². The standard InChI is InChI=1S/C19H21N3O6/c1-11-9-17(22-28-11)21-19(25)12(2)20-18(24)6-4-14(23)13-3-5-15-16(10-13)27-8-7-26-15/h3,5,9-10,12H,4,6-8H2,1-2H3,(H,20,24)(H,21,22,25)/t12-/m0/s1. The molecule has 0 saturated heterocycles. The Morgan fingerprint density at radius 1 is 1.11 bits per heavy atom. The van der Waals surface area contributed by atoms with Gasteiger partial charge in [0.15, 0.2) is 23.1 Å². The second-order valence-corrected chi connectivity index (χ2v) is 6.38. The van der Waals surface area contributed by atoms with Gasteiger partial charge in [-0.15, -0.1) is 0 Å². The van der Waals surface area contributed by atoms with Crippen LogP contribution in [0.5, 0.6) is 11.5 Å². The second kappa shape index (κ2) is 8.55. The molecule has 2 heterocycles. The fraction of sp³-hybridized carbons (Fsp3) is 0.368. The summed E-state index contributed by atoms with van der Waals surface area (Å²) in [5.41, 5.74) is 0.448. The van der Waals surface area contributed by atoms with Crippen molar-refractivity contribution in [2.75, 3.05) is 18.5 Å².